The quantitative estimate of drug-likeness (QED) is 0.741. The van der Waals surface area contributed by atoms with Gasteiger partial charge in [0.25, 0.3) is 5.91 Å². The highest BCUT2D eigenvalue weighted by molar-refractivity contribution is 9.10. The van der Waals surface area contributed by atoms with Gasteiger partial charge in [-0.25, -0.2) is 0 Å². The molecule has 0 aliphatic carbocycles. The molecule has 0 fully saturated rings. The van der Waals surface area contributed by atoms with Crippen LogP contribution in [0.1, 0.15) is 28.4 Å². The van der Waals surface area contributed by atoms with Crippen LogP contribution in [0.15, 0.2) is 46.9 Å². The Morgan fingerprint density at radius 3 is 2.76 bits per heavy atom. The number of para-hydroxylation sites is 1. The Hall–Kier alpha value is -1.61. The van der Waals surface area contributed by atoms with Gasteiger partial charge in [-0.2, -0.15) is 0 Å². The lowest BCUT2D eigenvalue weighted by atomic mass is 9.93. The van der Waals surface area contributed by atoms with Crippen molar-refractivity contribution >= 4 is 27.5 Å². The third-order valence-electron chi connectivity index (χ3n) is 3.88. The second kappa shape index (κ2) is 5.64. The van der Waals surface area contributed by atoms with Crippen molar-refractivity contribution in [2.75, 3.05) is 11.4 Å². The van der Waals surface area contributed by atoms with E-state index in [1.807, 2.05) is 48.2 Å². The van der Waals surface area contributed by atoms with Gasteiger partial charge in [0.15, 0.2) is 0 Å². The highest BCUT2D eigenvalue weighted by Crippen LogP contribution is 2.31. The standard InChI is InChI=1S/C18H18BrNO/c1-12-7-15(10-16(19)9-12)18(21)20-11-13(2)8-14-5-3-4-6-17(14)20/h3-7,9-10,13H,8,11H2,1-2H3. The molecule has 0 radical (unpaired) electrons. The molecular formula is C18H18BrNO. The van der Waals surface area contributed by atoms with Gasteiger partial charge in [0.1, 0.15) is 0 Å². The maximum Gasteiger partial charge on any atom is 0.258 e. The summed E-state index contributed by atoms with van der Waals surface area (Å²) in [7, 11) is 0. The van der Waals surface area contributed by atoms with E-state index in [2.05, 4.69) is 28.9 Å². The van der Waals surface area contributed by atoms with Crippen LogP contribution in [0.25, 0.3) is 0 Å². The summed E-state index contributed by atoms with van der Waals surface area (Å²) >= 11 is 3.48. The number of hydrogen-bond acceptors (Lipinski definition) is 1. The summed E-state index contributed by atoms with van der Waals surface area (Å²) in [6, 6.07) is 14.1. The van der Waals surface area contributed by atoms with E-state index in [1.165, 1.54) is 5.56 Å². The molecule has 1 amide bonds. The summed E-state index contributed by atoms with van der Waals surface area (Å²) in [6.07, 6.45) is 1.04. The van der Waals surface area contributed by atoms with Gasteiger partial charge < -0.3 is 4.90 Å². The smallest absolute Gasteiger partial charge is 0.258 e. The van der Waals surface area contributed by atoms with Crippen molar-refractivity contribution in [1.29, 1.82) is 0 Å². The minimum absolute atomic E-state index is 0.0819. The zero-order chi connectivity index (χ0) is 15.0. The van der Waals surface area contributed by atoms with Gasteiger partial charge >= 0.3 is 0 Å². The molecule has 1 aliphatic rings. The van der Waals surface area contributed by atoms with E-state index in [0.717, 1.165) is 34.3 Å². The number of carbonyl (C=O) groups is 1. The van der Waals surface area contributed by atoms with Crippen LogP contribution < -0.4 is 4.90 Å². The van der Waals surface area contributed by atoms with E-state index in [1.54, 1.807) is 0 Å². The molecule has 2 aromatic carbocycles. The number of hydrogen-bond donors (Lipinski definition) is 0. The van der Waals surface area contributed by atoms with Gasteiger partial charge in [0, 0.05) is 22.3 Å². The van der Waals surface area contributed by atoms with E-state index in [9.17, 15) is 4.79 Å². The maximum absolute atomic E-state index is 12.9. The Kier molecular flexibility index (Phi) is 3.85. The summed E-state index contributed by atoms with van der Waals surface area (Å²) in [6.45, 7) is 4.98. The fourth-order valence-corrected chi connectivity index (χ4v) is 3.61. The monoisotopic (exact) mass is 343 g/mol. The molecule has 0 spiro atoms. The van der Waals surface area contributed by atoms with Crippen LogP contribution in [-0.2, 0) is 6.42 Å². The van der Waals surface area contributed by atoms with Crippen LogP contribution in [0.5, 0.6) is 0 Å². The first-order valence-corrected chi connectivity index (χ1v) is 8.01. The molecule has 0 N–H and O–H groups in total. The van der Waals surface area contributed by atoms with Crippen LogP contribution in [0.3, 0.4) is 0 Å². The highest BCUT2D eigenvalue weighted by atomic mass is 79.9. The molecule has 0 aromatic heterocycles. The Bertz CT molecular complexity index is 675. The SMILES string of the molecule is Cc1cc(Br)cc(C(=O)N2CC(C)Cc3ccccc32)c1. The topological polar surface area (TPSA) is 20.3 Å². The fourth-order valence-electron chi connectivity index (χ4n) is 3.00. The van der Waals surface area contributed by atoms with Crippen LogP contribution in [0.4, 0.5) is 5.69 Å². The first-order chi connectivity index (χ1) is 10.0. The lowest BCUT2D eigenvalue weighted by molar-refractivity contribution is 0.0981. The molecule has 0 saturated carbocycles. The van der Waals surface area contributed by atoms with E-state index < -0.39 is 0 Å². The number of amides is 1. The number of anilines is 1. The summed E-state index contributed by atoms with van der Waals surface area (Å²) in [5.74, 6) is 0.565. The fraction of sp³-hybridized carbons (Fsp3) is 0.278. The average Bonchev–Trinajstić information content (AvgIpc) is 2.44. The summed E-state index contributed by atoms with van der Waals surface area (Å²) in [5, 5.41) is 0. The van der Waals surface area contributed by atoms with E-state index in [4.69, 9.17) is 0 Å². The molecule has 1 unspecified atom stereocenters. The van der Waals surface area contributed by atoms with E-state index in [-0.39, 0.29) is 5.91 Å². The van der Waals surface area contributed by atoms with Gasteiger partial charge in [-0.15, -0.1) is 0 Å². The van der Waals surface area contributed by atoms with Crippen molar-refractivity contribution in [3.63, 3.8) is 0 Å². The lowest BCUT2D eigenvalue weighted by Gasteiger charge is -2.33. The van der Waals surface area contributed by atoms with Crippen LogP contribution >= 0.6 is 15.9 Å². The largest absolute Gasteiger partial charge is 0.308 e. The third kappa shape index (κ3) is 2.88. The number of aryl methyl sites for hydroxylation is 1. The van der Waals surface area contributed by atoms with Crippen molar-refractivity contribution in [2.45, 2.75) is 20.3 Å². The predicted molar refractivity (Wildman–Crippen MR) is 89.9 cm³/mol. The molecule has 3 rings (SSSR count). The Morgan fingerprint density at radius 2 is 2.00 bits per heavy atom. The molecule has 108 valence electrons. The Morgan fingerprint density at radius 1 is 1.24 bits per heavy atom. The van der Waals surface area contributed by atoms with Gasteiger partial charge in [-0.1, -0.05) is 41.1 Å². The number of nitrogens with zero attached hydrogens (tertiary/aromatic N) is 1. The molecule has 1 atom stereocenters. The van der Waals surface area contributed by atoms with Crippen LogP contribution in [0, 0.1) is 12.8 Å². The van der Waals surface area contributed by atoms with Crippen molar-refractivity contribution in [1.82, 2.24) is 0 Å². The number of benzene rings is 2. The van der Waals surface area contributed by atoms with Gasteiger partial charge in [-0.3, -0.25) is 4.79 Å². The Labute approximate surface area is 133 Å². The normalized spacial score (nSPS) is 17.5. The van der Waals surface area contributed by atoms with Crippen molar-refractivity contribution in [3.8, 4) is 0 Å². The van der Waals surface area contributed by atoms with Gasteiger partial charge in [0.05, 0.1) is 0 Å². The number of fused-ring (bicyclic) bond motifs is 1. The molecule has 21 heavy (non-hydrogen) atoms. The molecule has 1 aliphatic heterocycles. The number of rotatable bonds is 1. The van der Waals surface area contributed by atoms with Gasteiger partial charge in [-0.05, 0) is 54.7 Å². The van der Waals surface area contributed by atoms with Crippen molar-refractivity contribution in [3.05, 3.63) is 63.6 Å². The second-order valence-electron chi connectivity index (χ2n) is 5.87. The average molecular weight is 344 g/mol. The summed E-state index contributed by atoms with van der Waals surface area (Å²) in [5.41, 5.74) is 4.14. The minimum Gasteiger partial charge on any atom is -0.308 e. The zero-order valence-electron chi connectivity index (χ0n) is 12.3. The maximum atomic E-state index is 12.9. The first-order valence-electron chi connectivity index (χ1n) is 7.21. The zero-order valence-corrected chi connectivity index (χ0v) is 13.9. The predicted octanol–water partition coefficient (Wildman–Crippen LogP) is 4.60. The van der Waals surface area contributed by atoms with E-state index in [0.29, 0.717) is 5.92 Å². The molecule has 0 saturated heterocycles. The first kappa shape index (κ1) is 14.3. The molecular weight excluding hydrogens is 326 g/mol. The highest BCUT2D eigenvalue weighted by Gasteiger charge is 2.27. The second-order valence-corrected chi connectivity index (χ2v) is 6.79. The van der Waals surface area contributed by atoms with Crippen molar-refractivity contribution < 1.29 is 4.79 Å². The number of halogens is 1. The third-order valence-corrected chi connectivity index (χ3v) is 4.34. The molecule has 2 aromatic rings. The van der Waals surface area contributed by atoms with Crippen molar-refractivity contribution in [2.24, 2.45) is 5.92 Å². The molecule has 2 nitrogen and oxygen atoms in total. The van der Waals surface area contributed by atoms with Gasteiger partial charge in [0.2, 0.25) is 0 Å². The summed E-state index contributed by atoms with van der Waals surface area (Å²) in [4.78, 5) is 14.8. The number of carbonyl (C=O) groups excluding carboxylic acids is 1. The minimum atomic E-state index is 0.0819. The van der Waals surface area contributed by atoms with Crippen LogP contribution in [-0.4, -0.2) is 12.5 Å². The Balaban J connectivity index is 2.02. The van der Waals surface area contributed by atoms with Crippen LogP contribution in [0.2, 0.25) is 0 Å². The van der Waals surface area contributed by atoms with E-state index >= 15 is 0 Å². The summed E-state index contributed by atoms with van der Waals surface area (Å²) < 4.78 is 0.948. The molecule has 0 bridgehead atoms. The lowest BCUT2D eigenvalue weighted by Crippen LogP contribution is -2.39. The molecule has 3 heteroatoms. The molecule has 1 heterocycles.